The molecule has 1 N–H and O–H groups in total. The van der Waals surface area contributed by atoms with Gasteiger partial charge in [-0.3, -0.25) is 4.98 Å². The van der Waals surface area contributed by atoms with Crippen LogP contribution in [0.5, 0.6) is 0 Å². The summed E-state index contributed by atoms with van der Waals surface area (Å²) in [6.07, 6.45) is 8.86. The van der Waals surface area contributed by atoms with E-state index in [9.17, 15) is 0 Å². The van der Waals surface area contributed by atoms with E-state index in [-0.39, 0.29) is 0 Å². The van der Waals surface area contributed by atoms with E-state index in [4.69, 9.17) is 0 Å². The molecule has 1 heterocycles. The minimum Gasteiger partial charge on any atom is -0.382 e. The summed E-state index contributed by atoms with van der Waals surface area (Å²) in [6.45, 7) is 2.32. The standard InChI is InChI=1S/C17H22N2/c1-13(14-7-3-2-4-8-14)19-17-11-12-18-16-10-6-5-9-15(16)17/h5-6,9-14H,2-4,7-8H2,1H3,(H,18,19). The zero-order valence-electron chi connectivity index (χ0n) is 11.6. The fourth-order valence-corrected chi connectivity index (χ4v) is 3.22. The van der Waals surface area contributed by atoms with Gasteiger partial charge in [0.15, 0.2) is 0 Å². The Kier molecular flexibility index (Phi) is 3.67. The number of para-hydroxylation sites is 1. The van der Waals surface area contributed by atoms with Crippen LogP contribution in [-0.4, -0.2) is 11.0 Å². The molecule has 1 aromatic carbocycles. The largest absolute Gasteiger partial charge is 0.382 e. The first kappa shape index (κ1) is 12.5. The van der Waals surface area contributed by atoms with Crippen LogP contribution in [0.2, 0.25) is 0 Å². The smallest absolute Gasteiger partial charge is 0.0722 e. The van der Waals surface area contributed by atoms with E-state index in [2.05, 4.69) is 41.5 Å². The lowest BCUT2D eigenvalue weighted by atomic mass is 9.84. The Labute approximate surface area is 115 Å². The first-order valence-electron chi connectivity index (χ1n) is 7.45. The molecule has 0 bridgehead atoms. The molecule has 0 spiro atoms. The Hall–Kier alpha value is -1.57. The average Bonchev–Trinajstić information content (AvgIpc) is 2.48. The van der Waals surface area contributed by atoms with Crippen LogP contribution in [0.15, 0.2) is 36.5 Å². The highest BCUT2D eigenvalue weighted by Gasteiger charge is 2.20. The number of fused-ring (bicyclic) bond motifs is 1. The van der Waals surface area contributed by atoms with Crippen molar-refractivity contribution in [1.29, 1.82) is 0 Å². The second kappa shape index (κ2) is 5.60. The molecule has 2 nitrogen and oxygen atoms in total. The van der Waals surface area contributed by atoms with E-state index in [0.29, 0.717) is 6.04 Å². The topological polar surface area (TPSA) is 24.9 Å². The van der Waals surface area contributed by atoms with Gasteiger partial charge in [-0.1, -0.05) is 37.5 Å². The fraction of sp³-hybridized carbons (Fsp3) is 0.471. The molecule has 2 aromatic rings. The van der Waals surface area contributed by atoms with Crippen LogP contribution >= 0.6 is 0 Å². The SMILES string of the molecule is CC(Nc1ccnc2ccccc12)C1CCCCC1. The molecular weight excluding hydrogens is 232 g/mol. The van der Waals surface area contributed by atoms with Crippen molar-refractivity contribution < 1.29 is 0 Å². The Morgan fingerprint density at radius 3 is 2.74 bits per heavy atom. The van der Waals surface area contributed by atoms with E-state index in [1.54, 1.807) is 0 Å². The molecule has 1 fully saturated rings. The van der Waals surface area contributed by atoms with Crippen LogP contribution in [0.4, 0.5) is 5.69 Å². The normalized spacial score (nSPS) is 18.4. The molecule has 19 heavy (non-hydrogen) atoms. The highest BCUT2D eigenvalue weighted by Crippen LogP contribution is 2.29. The molecule has 3 rings (SSSR count). The van der Waals surface area contributed by atoms with Crippen molar-refractivity contribution in [3.05, 3.63) is 36.5 Å². The van der Waals surface area contributed by atoms with Crippen LogP contribution in [0.3, 0.4) is 0 Å². The quantitative estimate of drug-likeness (QED) is 0.864. The number of aromatic nitrogens is 1. The highest BCUT2D eigenvalue weighted by atomic mass is 14.9. The fourth-order valence-electron chi connectivity index (χ4n) is 3.22. The number of pyridine rings is 1. The minimum atomic E-state index is 0.547. The number of nitrogens with zero attached hydrogens (tertiary/aromatic N) is 1. The first-order chi connectivity index (χ1) is 9.34. The van der Waals surface area contributed by atoms with Gasteiger partial charge in [0.1, 0.15) is 0 Å². The summed E-state index contributed by atoms with van der Waals surface area (Å²) in [6, 6.07) is 11.0. The number of hydrogen-bond donors (Lipinski definition) is 1. The summed E-state index contributed by atoms with van der Waals surface area (Å²) in [7, 11) is 0. The molecular formula is C17H22N2. The maximum absolute atomic E-state index is 4.42. The molecule has 0 saturated heterocycles. The molecule has 1 atom stereocenters. The molecule has 0 radical (unpaired) electrons. The average molecular weight is 254 g/mol. The van der Waals surface area contributed by atoms with Crippen molar-refractivity contribution in [3.63, 3.8) is 0 Å². The zero-order chi connectivity index (χ0) is 13.1. The monoisotopic (exact) mass is 254 g/mol. The number of anilines is 1. The Morgan fingerprint density at radius 1 is 1.11 bits per heavy atom. The molecule has 0 amide bonds. The van der Waals surface area contributed by atoms with Gasteiger partial charge < -0.3 is 5.32 Å². The van der Waals surface area contributed by atoms with E-state index < -0.39 is 0 Å². The van der Waals surface area contributed by atoms with Gasteiger partial charge in [-0.15, -0.1) is 0 Å². The third-order valence-electron chi connectivity index (χ3n) is 4.39. The number of rotatable bonds is 3. The van der Waals surface area contributed by atoms with Crippen LogP contribution in [0.25, 0.3) is 10.9 Å². The predicted octanol–water partition coefficient (Wildman–Crippen LogP) is 4.62. The lowest BCUT2D eigenvalue weighted by Gasteiger charge is -2.29. The lowest BCUT2D eigenvalue weighted by molar-refractivity contribution is 0.328. The van der Waals surface area contributed by atoms with Gasteiger partial charge in [0.25, 0.3) is 0 Å². The number of hydrogen-bond acceptors (Lipinski definition) is 2. The molecule has 1 aromatic heterocycles. The lowest BCUT2D eigenvalue weighted by Crippen LogP contribution is -2.27. The van der Waals surface area contributed by atoms with Gasteiger partial charge in [0, 0.05) is 23.3 Å². The summed E-state index contributed by atoms with van der Waals surface area (Å²) in [5.74, 6) is 0.820. The van der Waals surface area contributed by atoms with Crippen molar-refractivity contribution in [2.75, 3.05) is 5.32 Å². The van der Waals surface area contributed by atoms with Crippen molar-refractivity contribution in [1.82, 2.24) is 4.98 Å². The third-order valence-corrected chi connectivity index (χ3v) is 4.39. The molecule has 2 heteroatoms. The van der Waals surface area contributed by atoms with Gasteiger partial charge in [-0.2, -0.15) is 0 Å². The highest BCUT2D eigenvalue weighted by molar-refractivity contribution is 5.90. The second-order valence-electron chi connectivity index (χ2n) is 5.71. The zero-order valence-corrected chi connectivity index (χ0v) is 11.6. The van der Waals surface area contributed by atoms with Gasteiger partial charge in [0.05, 0.1) is 5.52 Å². The van der Waals surface area contributed by atoms with Gasteiger partial charge in [-0.25, -0.2) is 0 Å². The molecule has 1 aliphatic carbocycles. The Bertz CT molecular complexity index is 538. The Morgan fingerprint density at radius 2 is 1.89 bits per heavy atom. The predicted molar refractivity (Wildman–Crippen MR) is 81.4 cm³/mol. The molecule has 1 unspecified atom stereocenters. The van der Waals surface area contributed by atoms with Crippen molar-refractivity contribution in [2.45, 2.75) is 45.1 Å². The number of benzene rings is 1. The van der Waals surface area contributed by atoms with E-state index in [1.165, 1.54) is 43.2 Å². The molecule has 1 aliphatic rings. The summed E-state index contributed by atoms with van der Waals surface area (Å²) in [4.78, 5) is 4.42. The molecule has 0 aliphatic heterocycles. The van der Waals surface area contributed by atoms with Gasteiger partial charge >= 0.3 is 0 Å². The minimum absolute atomic E-state index is 0.547. The Balaban J connectivity index is 1.80. The molecule has 1 saturated carbocycles. The van der Waals surface area contributed by atoms with Crippen LogP contribution in [-0.2, 0) is 0 Å². The summed E-state index contributed by atoms with van der Waals surface area (Å²) < 4.78 is 0. The maximum Gasteiger partial charge on any atom is 0.0722 e. The second-order valence-corrected chi connectivity index (χ2v) is 5.71. The van der Waals surface area contributed by atoms with Crippen molar-refractivity contribution in [2.24, 2.45) is 5.92 Å². The van der Waals surface area contributed by atoms with E-state index in [0.717, 1.165) is 11.4 Å². The van der Waals surface area contributed by atoms with Crippen LogP contribution in [0.1, 0.15) is 39.0 Å². The van der Waals surface area contributed by atoms with Gasteiger partial charge in [-0.05, 0) is 37.8 Å². The van der Waals surface area contributed by atoms with Crippen LogP contribution in [0, 0.1) is 5.92 Å². The van der Waals surface area contributed by atoms with Crippen molar-refractivity contribution in [3.8, 4) is 0 Å². The summed E-state index contributed by atoms with van der Waals surface area (Å²) in [5.41, 5.74) is 2.30. The first-order valence-corrected chi connectivity index (χ1v) is 7.45. The van der Waals surface area contributed by atoms with E-state index >= 15 is 0 Å². The van der Waals surface area contributed by atoms with Crippen LogP contribution < -0.4 is 5.32 Å². The maximum atomic E-state index is 4.42. The van der Waals surface area contributed by atoms with E-state index in [1.807, 2.05) is 12.3 Å². The summed E-state index contributed by atoms with van der Waals surface area (Å²) >= 11 is 0. The van der Waals surface area contributed by atoms with Gasteiger partial charge in [0.2, 0.25) is 0 Å². The third kappa shape index (κ3) is 2.73. The summed E-state index contributed by atoms with van der Waals surface area (Å²) in [5, 5.41) is 4.94. The molecule has 100 valence electrons. The van der Waals surface area contributed by atoms with Crippen molar-refractivity contribution >= 4 is 16.6 Å². The number of nitrogens with one attached hydrogen (secondary N) is 1.